The zero-order valence-electron chi connectivity index (χ0n) is 12.8. The SMILES string of the molecule is CCCC(C)c1cc(NS(=O)(=O)c2ccc(C#N)cc2Cl)n[nH]1. The topological polar surface area (TPSA) is 98.6 Å². The summed E-state index contributed by atoms with van der Waals surface area (Å²) in [6.45, 7) is 4.14. The van der Waals surface area contributed by atoms with Crippen molar-refractivity contribution in [3.05, 3.63) is 40.5 Å². The van der Waals surface area contributed by atoms with E-state index in [1.165, 1.54) is 18.2 Å². The number of aromatic amines is 1. The normalized spacial score (nSPS) is 12.6. The molecule has 0 fully saturated rings. The fourth-order valence-corrected chi connectivity index (χ4v) is 3.75. The van der Waals surface area contributed by atoms with Crippen LogP contribution in [0.25, 0.3) is 0 Å². The molecule has 23 heavy (non-hydrogen) atoms. The molecular weight excluding hydrogens is 336 g/mol. The van der Waals surface area contributed by atoms with E-state index in [9.17, 15) is 8.42 Å². The zero-order valence-corrected chi connectivity index (χ0v) is 14.4. The molecule has 8 heteroatoms. The largest absolute Gasteiger partial charge is 0.280 e. The molecule has 0 bridgehead atoms. The van der Waals surface area contributed by atoms with Gasteiger partial charge in [-0.15, -0.1) is 0 Å². The summed E-state index contributed by atoms with van der Waals surface area (Å²) in [4.78, 5) is -0.0932. The monoisotopic (exact) mass is 352 g/mol. The summed E-state index contributed by atoms with van der Waals surface area (Å²) in [7, 11) is -3.87. The lowest BCUT2D eigenvalue weighted by atomic mass is 10.0. The molecule has 0 radical (unpaired) electrons. The van der Waals surface area contributed by atoms with Gasteiger partial charge in [0, 0.05) is 11.8 Å². The summed E-state index contributed by atoms with van der Waals surface area (Å²) in [5.41, 5.74) is 1.17. The van der Waals surface area contributed by atoms with Gasteiger partial charge in [0.05, 0.1) is 16.7 Å². The highest BCUT2D eigenvalue weighted by molar-refractivity contribution is 7.92. The molecule has 0 saturated heterocycles. The molecule has 2 aromatic rings. The molecule has 122 valence electrons. The van der Waals surface area contributed by atoms with Gasteiger partial charge in [0.1, 0.15) is 4.90 Å². The van der Waals surface area contributed by atoms with Crippen molar-refractivity contribution >= 4 is 27.4 Å². The van der Waals surface area contributed by atoms with Gasteiger partial charge in [-0.1, -0.05) is 31.9 Å². The summed E-state index contributed by atoms with van der Waals surface area (Å²) in [6.07, 6.45) is 2.01. The Morgan fingerprint density at radius 3 is 2.78 bits per heavy atom. The van der Waals surface area contributed by atoms with Crippen molar-refractivity contribution in [1.29, 1.82) is 5.26 Å². The number of H-pyrrole nitrogens is 1. The summed E-state index contributed by atoms with van der Waals surface area (Å²) in [5, 5.41) is 15.6. The number of nitriles is 1. The van der Waals surface area contributed by atoms with E-state index in [4.69, 9.17) is 16.9 Å². The summed E-state index contributed by atoms with van der Waals surface area (Å²) >= 11 is 5.96. The first-order chi connectivity index (χ1) is 10.9. The minimum atomic E-state index is -3.87. The van der Waals surface area contributed by atoms with Crippen molar-refractivity contribution in [3.8, 4) is 6.07 Å². The van der Waals surface area contributed by atoms with Crippen LogP contribution in [0, 0.1) is 11.3 Å². The highest BCUT2D eigenvalue weighted by Crippen LogP contribution is 2.26. The predicted molar refractivity (Wildman–Crippen MR) is 88.9 cm³/mol. The lowest BCUT2D eigenvalue weighted by Gasteiger charge is -2.07. The van der Waals surface area contributed by atoms with Crippen LogP contribution in [0.5, 0.6) is 0 Å². The Hall–Kier alpha value is -2.04. The Morgan fingerprint density at radius 2 is 2.17 bits per heavy atom. The lowest BCUT2D eigenvalue weighted by molar-refractivity contribution is 0.601. The van der Waals surface area contributed by atoms with Gasteiger partial charge in [0.15, 0.2) is 5.82 Å². The number of hydrogen-bond donors (Lipinski definition) is 2. The number of hydrogen-bond acceptors (Lipinski definition) is 4. The molecule has 0 amide bonds. The Balaban J connectivity index is 2.24. The molecule has 2 N–H and O–H groups in total. The van der Waals surface area contributed by atoms with E-state index in [-0.39, 0.29) is 21.7 Å². The van der Waals surface area contributed by atoms with Gasteiger partial charge < -0.3 is 0 Å². The number of rotatable bonds is 6. The van der Waals surface area contributed by atoms with Gasteiger partial charge in [-0.2, -0.15) is 10.4 Å². The molecular formula is C15H17ClN4O2S. The number of halogens is 1. The number of nitrogens with one attached hydrogen (secondary N) is 2. The molecule has 0 saturated carbocycles. The molecule has 0 aliphatic heterocycles. The third-order valence-electron chi connectivity index (χ3n) is 3.44. The average molecular weight is 353 g/mol. The van der Waals surface area contributed by atoms with Crippen molar-refractivity contribution in [2.24, 2.45) is 0 Å². The minimum absolute atomic E-state index is 0.00772. The molecule has 2 rings (SSSR count). The molecule has 1 unspecified atom stereocenters. The summed E-state index contributed by atoms with van der Waals surface area (Å²) in [6, 6.07) is 7.60. The molecule has 1 heterocycles. The van der Waals surface area contributed by atoms with Crippen LogP contribution in [0.15, 0.2) is 29.2 Å². The molecule has 0 spiro atoms. The standard InChI is InChI=1S/C15H17ClN4O2S/c1-3-4-10(2)13-8-15(19-18-13)20-23(21,22)14-6-5-11(9-17)7-12(14)16/h5-8,10H,3-4H2,1-2H3,(H2,18,19,20). The highest BCUT2D eigenvalue weighted by atomic mass is 35.5. The van der Waals surface area contributed by atoms with E-state index in [1.807, 2.05) is 13.0 Å². The summed E-state index contributed by atoms with van der Waals surface area (Å²) in [5.74, 6) is 0.479. The van der Waals surface area contributed by atoms with Crippen molar-refractivity contribution in [3.63, 3.8) is 0 Å². The minimum Gasteiger partial charge on any atom is -0.280 e. The van der Waals surface area contributed by atoms with Crippen molar-refractivity contribution in [1.82, 2.24) is 10.2 Å². The van der Waals surface area contributed by atoms with Gasteiger partial charge in [0.25, 0.3) is 10.0 Å². The van der Waals surface area contributed by atoms with Gasteiger partial charge >= 0.3 is 0 Å². The van der Waals surface area contributed by atoms with Crippen molar-refractivity contribution < 1.29 is 8.42 Å². The first-order valence-corrected chi connectivity index (χ1v) is 9.01. The number of nitrogens with zero attached hydrogens (tertiary/aromatic N) is 2. The second-order valence-corrected chi connectivity index (χ2v) is 7.32. The Kier molecular flexibility index (Phi) is 5.29. The second-order valence-electron chi connectivity index (χ2n) is 5.26. The van der Waals surface area contributed by atoms with Crippen molar-refractivity contribution in [2.45, 2.75) is 37.5 Å². The zero-order chi connectivity index (χ0) is 17.0. The third kappa shape index (κ3) is 4.03. The third-order valence-corrected chi connectivity index (χ3v) is 5.28. The molecule has 0 aliphatic carbocycles. The maximum atomic E-state index is 12.4. The Labute approximate surface area is 140 Å². The van der Waals surface area contributed by atoms with Crippen LogP contribution < -0.4 is 4.72 Å². The molecule has 6 nitrogen and oxygen atoms in total. The number of aromatic nitrogens is 2. The fourth-order valence-electron chi connectivity index (χ4n) is 2.21. The van der Waals surface area contributed by atoms with E-state index in [2.05, 4.69) is 21.8 Å². The van der Waals surface area contributed by atoms with Gasteiger partial charge in [0.2, 0.25) is 0 Å². The lowest BCUT2D eigenvalue weighted by Crippen LogP contribution is -2.13. The van der Waals surface area contributed by atoms with E-state index in [0.717, 1.165) is 18.5 Å². The van der Waals surface area contributed by atoms with Crippen LogP contribution in [0.4, 0.5) is 5.82 Å². The molecule has 0 aliphatic rings. The van der Waals surface area contributed by atoms with E-state index in [0.29, 0.717) is 5.56 Å². The molecule has 1 aromatic heterocycles. The van der Waals surface area contributed by atoms with Crippen molar-refractivity contribution in [2.75, 3.05) is 4.72 Å². The maximum Gasteiger partial charge on any atom is 0.264 e. The number of anilines is 1. The van der Waals surface area contributed by atoms with E-state index in [1.54, 1.807) is 6.07 Å². The average Bonchev–Trinajstić information content (AvgIpc) is 2.94. The summed E-state index contributed by atoms with van der Waals surface area (Å²) < 4.78 is 27.2. The van der Waals surface area contributed by atoms with Gasteiger partial charge in [-0.05, 0) is 30.5 Å². The van der Waals surface area contributed by atoms with Gasteiger partial charge in [-0.25, -0.2) is 8.42 Å². The first-order valence-electron chi connectivity index (χ1n) is 7.15. The Bertz CT molecular complexity index is 839. The predicted octanol–water partition coefficient (Wildman–Crippen LogP) is 3.64. The quantitative estimate of drug-likeness (QED) is 0.829. The number of benzene rings is 1. The smallest absolute Gasteiger partial charge is 0.264 e. The molecule has 1 atom stereocenters. The first kappa shape index (κ1) is 17.3. The van der Waals surface area contributed by atoms with Crippen LogP contribution in [-0.4, -0.2) is 18.6 Å². The van der Waals surface area contributed by atoms with Crippen LogP contribution in [-0.2, 0) is 10.0 Å². The van der Waals surface area contributed by atoms with Crippen LogP contribution in [0.1, 0.15) is 43.9 Å². The van der Waals surface area contributed by atoms with Crippen LogP contribution in [0.2, 0.25) is 5.02 Å². The van der Waals surface area contributed by atoms with Crippen LogP contribution in [0.3, 0.4) is 0 Å². The fraction of sp³-hybridized carbons (Fsp3) is 0.333. The second kappa shape index (κ2) is 7.02. The highest BCUT2D eigenvalue weighted by Gasteiger charge is 2.20. The van der Waals surface area contributed by atoms with E-state index >= 15 is 0 Å². The van der Waals surface area contributed by atoms with Gasteiger partial charge in [-0.3, -0.25) is 9.82 Å². The molecule has 1 aromatic carbocycles. The Morgan fingerprint density at radius 1 is 1.43 bits per heavy atom. The maximum absolute atomic E-state index is 12.4. The van der Waals surface area contributed by atoms with E-state index < -0.39 is 10.0 Å². The van der Waals surface area contributed by atoms with Crippen LogP contribution >= 0.6 is 11.6 Å². The number of sulfonamides is 1.